The number of hydrogen-bond acceptors (Lipinski definition) is 4. The molecule has 18 heavy (non-hydrogen) atoms. The lowest BCUT2D eigenvalue weighted by Gasteiger charge is -2.11. The highest BCUT2D eigenvalue weighted by Gasteiger charge is 2.10. The molecule has 4 N–H and O–H groups in total. The molecule has 0 radical (unpaired) electrons. The van der Waals surface area contributed by atoms with Crippen molar-refractivity contribution < 1.29 is 9.90 Å². The van der Waals surface area contributed by atoms with Crippen LogP contribution in [0.1, 0.15) is 16.1 Å². The van der Waals surface area contributed by atoms with Gasteiger partial charge in [0.15, 0.2) is 0 Å². The molecular formula is C12H14N4O2. The van der Waals surface area contributed by atoms with Gasteiger partial charge in [0.2, 0.25) is 0 Å². The van der Waals surface area contributed by atoms with Gasteiger partial charge in [-0.25, -0.2) is 4.79 Å². The van der Waals surface area contributed by atoms with E-state index in [1.165, 1.54) is 6.07 Å². The van der Waals surface area contributed by atoms with Gasteiger partial charge in [-0.2, -0.15) is 5.10 Å². The summed E-state index contributed by atoms with van der Waals surface area (Å²) in [5.41, 5.74) is 7.73. The summed E-state index contributed by atoms with van der Waals surface area (Å²) < 4.78 is 1.74. The number of aryl methyl sites for hydroxylation is 1. The summed E-state index contributed by atoms with van der Waals surface area (Å²) >= 11 is 0. The average molecular weight is 246 g/mol. The van der Waals surface area contributed by atoms with Crippen LogP contribution in [0.4, 0.5) is 11.4 Å². The Morgan fingerprint density at radius 2 is 2.28 bits per heavy atom. The number of anilines is 2. The molecule has 0 unspecified atom stereocenters. The summed E-state index contributed by atoms with van der Waals surface area (Å²) in [5.74, 6) is -1.03. The molecule has 0 bridgehead atoms. The summed E-state index contributed by atoms with van der Waals surface area (Å²) in [7, 11) is 1.84. The third kappa shape index (κ3) is 2.27. The van der Waals surface area contributed by atoms with Gasteiger partial charge in [0.1, 0.15) is 0 Å². The van der Waals surface area contributed by atoms with Crippen molar-refractivity contribution >= 4 is 17.3 Å². The van der Waals surface area contributed by atoms with Crippen molar-refractivity contribution in [2.24, 2.45) is 7.05 Å². The van der Waals surface area contributed by atoms with Crippen molar-refractivity contribution in [3.63, 3.8) is 0 Å². The molecule has 0 aliphatic rings. The van der Waals surface area contributed by atoms with Crippen LogP contribution < -0.4 is 11.1 Å². The molecule has 1 aromatic carbocycles. The Kier molecular flexibility index (Phi) is 3.18. The predicted octanol–water partition coefficient (Wildman–Crippen LogP) is 1.31. The smallest absolute Gasteiger partial charge is 0.337 e. The molecule has 2 rings (SSSR count). The third-order valence-corrected chi connectivity index (χ3v) is 2.72. The van der Waals surface area contributed by atoms with Gasteiger partial charge in [0.05, 0.1) is 29.2 Å². The highest BCUT2D eigenvalue weighted by molar-refractivity contribution is 5.97. The zero-order valence-corrected chi connectivity index (χ0v) is 9.92. The van der Waals surface area contributed by atoms with Crippen LogP contribution in [0.2, 0.25) is 0 Å². The summed E-state index contributed by atoms with van der Waals surface area (Å²) in [6.45, 7) is 0.532. The Labute approximate surface area is 104 Å². The van der Waals surface area contributed by atoms with Crippen molar-refractivity contribution in [2.75, 3.05) is 11.1 Å². The molecular weight excluding hydrogens is 232 g/mol. The van der Waals surface area contributed by atoms with Crippen LogP contribution in [-0.2, 0) is 13.6 Å². The zero-order chi connectivity index (χ0) is 13.1. The quantitative estimate of drug-likeness (QED) is 0.707. The number of para-hydroxylation sites is 1. The van der Waals surface area contributed by atoms with Crippen LogP contribution in [0.3, 0.4) is 0 Å². The van der Waals surface area contributed by atoms with Crippen LogP contribution in [0, 0.1) is 0 Å². The molecule has 0 aliphatic carbocycles. The number of carbonyl (C=O) groups is 1. The van der Waals surface area contributed by atoms with E-state index in [4.69, 9.17) is 10.8 Å². The number of hydrogen-bond donors (Lipinski definition) is 3. The molecule has 0 atom stereocenters. The second-order valence-electron chi connectivity index (χ2n) is 3.87. The van der Waals surface area contributed by atoms with Gasteiger partial charge in [-0.15, -0.1) is 0 Å². The summed E-state index contributed by atoms with van der Waals surface area (Å²) in [5, 5.41) is 16.1. The summed E-state index contributed by atoms with van der Waals surface area (Å²) in [4.78, 5) is 10.9. The van der Waals surface area contributed by atoms with Gasteiger partial charge >= 0.3 is 5.97 Å². The number of nitrogens with two attached hydrogens (primary N) is 1. The van der Waals surface area contributed by atoms with Gasteiger partial charge in [0, 0.05) is 13.2 Å². The normalized spacial score (nSPS) is 10.3. The largest absolute Gasteiger partial charge is 0.478 e. The molecule has 0 saturated carbocycles. The minimum atomic E-state index is -1.03. The topological polar surface area (TPSA) is 93.2 Å². The summed E-state index contributed by atoms with van der Waals surface area (Å²) in [6, 6.07) is 6.76. The van der Waals surface area contributed by atoms with Crippen molar-refractivity contribution in [3.8, 4) is 0 Å². The minimum Gasteiger partial charge on any atom is -0.478 e. The van der Waals surface area contributed by atoms with Gasteiger partial charge in [0.25, 0.3) is 0 Å². The van der Waals surface area contributed by atoms with E-state index in [2.05, 4.69) is 10.4 Å². The lowest BCUT2D eigenvalue weighted by atomic mass is 10.1. The van der Waals surface area contributed by atoms with Gasteiger partial charge in [-0.05, 0) is 18.2 Å². The summed E-state index contributed by atoms with van der Waals surface area (Å²) in [6.07, 6.45) is 1.70. The van der Waals surface area contributed by atoms with Gasteiger partial charge in [-0.1, -0.05) is 6.07 Å². The number of nitrogens with one attached hydrogen (secondary N) is 1. The maximum atomic E-state index is 10.9. The van der Waals surface area contributed by atoms with Gasteiger partial charge in [-0.3, -0.25) is 4.68 Å². The Bertz CT molecular complexity index is 577. The molecule has 0 saturated heterocycles. The first-order chi connectivity index (χ1) is 8.59. The highest BCUT2D eigenvalue weighted by atomic mass is 16.4. The monoisotopic (exact) mass is 246 g/mol. The first-order valence-electron chi connectivity index (χ1n) is 5.42. The third-order valence-electron chi connectivity index (χ3n) is 2.72. The van der Waals surface area contributed by atoms with E-state index >= 15 is 0 Å². The number of carboxylic acid groups (broad SMARTS) is 1. The fraction of sp³-hybridized carbons (Fsp3) is 0.167. The first kappa shape index (κ1) is 12.0. The molecule has 2 aromatic rings. The Morgan fingerprint density at radius 3 is 2.89 bits per heavy atom. The van der Waals surface area contributed by atoms with Gasteiger partial charge < -0.3 is 16.2 Å². The SMILES string of the molecule is Cn1nccc1CNc1cccc(C(=O)O)c1N. The molecule has 0 amide bonds. The number of rotatable bonds is 4. The van der Waals surface area contributed by atoms with Crippen molar-refractivity contribution in [1.29, 1.82) is 0 Å². The molecule has 0 aliphatic heterocycles. The van der Waals surface area contributed by atoms with E-state index in [-0.39, 0.29) is 11.3 Å². The molecule has 6 nitrogen and oxygen atoms in total. The van der Waals surface area contributed by atoms with E-state index in [1.807, 2.05) is 13.1 Å². The molecule has 1 heterocycles. The number of benzene rings is 1. The lowest BCUT2D eigenvalue weighted by molar-refractivity contribution is 0.0698. The molecule has 1 aromatic heterocycles. The standard InChI is InChI=1S/C12H14N4O2/c1-16-8(5-6-15-16)7-14-10-4-2-3-9(11(10)13)12(17)18/h2-6,14H,7,13H2,1H3,(H,17,18). The second-order valence-corrected chi connectivity index (χ2v) is 3.87. The van der Waals surface area contributed by atoms with Crippen molar-refractivity contribution in [3.05, 3.63) is 41.7 Å². The maximum absolute atomic E-state index is 10.9. The fourth-order valence-electron chi connectivity index (χ4n) is 1.67. The fourth-order valence-corrected chi connectivity index (χ4v) is 1.67. The Morgan fingerprint density at radius 1 is 1.50 bits per heavy atom. The molecule has 0 spiro atoms. The van der Waals surface area contributed by atoms with E-state index in [9.17, 15) is 4.79 Å². The first-order valence-corrected chi connectivity index (χ1v) is 5.42. The lowest BCUT2D eigenvalue weighted by Crippen LogP contribution is -2.09. The number of nitrogen functional groups attached to an aromatic ring is 1. The number of nitrogens with zero attached hydrogens (tertiary/aromatic N) is 2. The number of aromatic carboxylic acids is 1. The van der Waals surface area contributed by atoms with Crippen molar-refractivity contribution in [1.82, 2.24) is 9.78 Å². The number of carboxylic acids is 1. The minimum absolute atomic E-state index is 0.102. The van der Waals surface area contributed by atoms with E-state index in [0.717, 1.165) is 5.69 Å². The zero-order valence-electron chi connectivity index (χ0n) is 9.92. The van der Waals surface area contributed by atoms with Crippen LogP contribution in [0.15, 0.2) is 30.5 Å². The Hall–Kier alpha value is -2.50. The highest BCUT2D eigenvalue weighted by Crippen LogP contribution is 2.23. The van der Waals surface area contributed by atoms with E-state index in [0.29, 0.717) is 12.2 Å². The van der Waals surface area contributed by atoms with Crippen LogP contribution in [-0.4, -0.2) is 20.9 Å². The van der Waals surface area contributed by atoms with E-state index in [1.54, 1.807) is 23.0 Å². The molecule has 94 valence electrons. The Balaban J connectivity index is 2.17. The van der Waals surface area contributed by atoms with Crippen molar-refractivity contribution in [2.45, 2.75) is 6.54 Å². The number of aromatic nitrogens is 2. The van der Waals surface area contributed by atoms with Crippen LogP contribution in [0.25, 0.3) is 0 Å². The van der Waals surface area contributed by atoms with Crippen LogP contribution in [0.5, 0.6) is 0 Å². The van der Waals surface area contributed by atoms with Crippen LogP contribution >= 0.6 is 0 Å². The predicted molar refractivity (Wildman–Crippen MR) is 68.3 cm³/mol. The second kappa shape index (κ2) is 4.79. The maximum Gasteiger partial charge on any atom is 0.337 e. The van der Waals surface area contributed by atoms with E-state index < -0.39 is 5.97 Å². The average Bonchev–Trinajstić information content (AvgIpc) is 2.73. The molecule has 0 fully saturated rings. The molecule has 6 heteroatoms.